The van der Waals surface area contributed by atoms with Crippen LogP contribution in [-0.2, 0) is 9.53 Å². The molecule has 0 fully saturated rings. The molecule has 0 saturated carbocycles. The van der Waals surface area contributed by atoms with Gasteiger partial charge in [-0.3, -0.25) is 4.79 Å². The van der Waals surface area contributed by atoms with Crippen LogP contribution in [0.3, 0.4) is 0 Å². The SMILES string of the molecule is CCOC(=O)C(C)(C)C.Cl. The lowest BCUT2D eigenvalue weighted by Gasteiger charge is -2.14. The zero-order valence-electron chi connectivity index (χ0n) is 6.93. The summed E-state index contributed by atoms with van der Waals surface area (Å²) in [5.41, 5.74) is -0.351. The van der Waals surface area contributed by atoms with Crippen molar-refractivity contribution in [2.45, 2.75) is 27.7 Å². The quantitative estimate of drug-likeness (QED) is 0.558. The van der Waals surface area contributed by atoms with Crippen LogP contribution in [-0.4, -0.2) is 12.6 Å². The molecule has 0 aliphatic heterocycles. The van der Waals surface area contributed by atoms with Crippen molar-refractivity contribution in [1.82, 2.24) is 0 Å². The molecule has 0 N–H and O–H groups in total. The van der Waals surface area contributed by atoms with Gasteiger partial charge in [0.1, 0.15) is 0 Å². The summed E-state index contributed by atoms with van der Waals surface area (Å²) in [6.45, 7) is 7.79. The van der Waals surface area contributed by atoms with Crippen LogP contribution in [0.2, 0.25) is 0 Å². The number of halogens is 1. The monoisotopic (exact) mass is 166 g/mol. The molecule has 0 aliphatic carbocycles. The van der Waals surface area contributed by atoms with Gasteiger partial charge in [-0.25, -0.2) is 0 Å². The third kappa shape index (κ3) is 4.62. The number of hydrogen-bond acceptors (Lipinski definition) is 2. The summed E-state index contributed by atoms with van der Waals surface area (Å²) < 4.78 is 4.77. The van der Waals surface area contributed by atoms with Gasteiger partial charge in [-0.15, -0.1) is 12.4 Å². The molecule has 0 bridgehead atoms. The summed E-state index contributed by atoms with van der Waals surface area (Å²) in [7, 11) is 0. The Morgan fingerprint density at radius 3 is 1.90 bits per heavy atom. The molecule has 0 heterocycles. The molecule has 0 aromatic rings. The maximum Gasteiger partial charge on any atom is 0.311 e. The van der Waals surface area contributed by atoms with Gasteiger partial charge in [0.15, 0.2) is 0 Å². The summed E-state index contributed by atoms with van der Waals surface area (Å²) in [6.07, 6.45) is 0. The second-order valence-electron chi connectivity index (χ2n) is 2.97. The van der Waals surface area contributed by atoms with Crippen molar-refractivity contribution >= 4 is 18.4 Å². The first-order chi connectivity index (χ1) is 3.98. The number of carbonyl (C=O) groups excluding carboxylic acids is 1. The Kier molecular flexibility index (Phi) is 5.67. The molecule has 0 atom stereocenters. The topological polar surface area (TPSA) is 26.3 Å². The van der Waals surface area contributed by atoms with Gasteiger partial charge >= 0.3 is 5.97 Å². The number of ether oxygens (including phenoxy) is 1. The second-order valence-corrected chi connectivity index (χ2v) is 2.97. The van der Waals surface area contributed by atoms with Crippen LogP contribution in [0.4, 0.5) is 0 Å². The van der Waals surface area contributed by atoms with Gasteiger partial charge in [0.2, 0.25) is 0 Å². The smallest absolute Gasteiger partial charge is 0.311 e. The van der Waals surface area contributed by atoms with E-state index in [-0.39, 0.29) is 23.8 Å². The van der Waals surface area contributed by atoms with Crippen molar-refractivity contribution in [1.29, 1.82) is 0 Å². The molecule has 0 radical (unpaired) electrons. The maximum absolute atomic E-state index is 10.8. The van der Waals surface area contributed by atoms with Crippen LogP contribution in [0.25, 0.3) is 0 Å². The molecule has 62 valence electrons. The average molecular weight is 167 g/mol. The fraction of sp³-hybridized carbons (Fsp3) is 0.857. The van der Waals surface area contributed by atoms with Crippen LogP contribution < -0.4 is 0 Å². The van der Waals surface area contributed by atoms with Gasteiger partial charge < -0.3 is 4.74 Å². The van der Waals surface area contributed by atoms with Crippen molar-refractivity contribution in [3.63, 3.8) is 0 Å². The summed E-state index contributed by atoms with van der Waals surface area (Å²) in [5.74, 6) is -0.134. The van der Waals surface area contributed by atoms with Crippen LogP contribution in [0.5, 0.6) is 0 Å². The largest absolute Gasteiger partial charge is 0.466 e. The molecule has 0 saturated heterocycles. The van der Waals surface area contributed by atoms with E-state index in [4.69, 9.17) is 4.74 Å². The minimum atomic E-state index is -0.351. The Morgan fingerprint density at radius 2 is 1.80 bits per heavy atom. The highest BCUT2D eigenvalue weighted by atomic mass is 35.5. The zero-order valence-corrected chi connectivity index (χ0v) is 7.75. The van der Waals surface area contributed by atoms with Gasteiger partial charge in [-0.1, -0.05) is 0 Å². The first kappa shape index (κ1) is 12.4. The lowest BCUT2D eigenvalue weighted by atomic mass is 9.97. The van der Waals surface area contributed by atoms with E-state index < -0.39 is 0 Å². The van der Waals surface area contributed by atoms with Crippen molar-refractivity contribution < 1.29 is 9.53 Å². The molecule has 0 unspecified atom stereocenters. The first-order valence-electron chi connectivity index (χ1n) is 3.15. The first-order valence-corrected chi connectivity index (χ1v) is 3.15. The molecule has 0 aliphatic rings. The number of esters is 1. The Labute approximate surface area is 68.4 Å². The van der Waals surface area contributed by atoms with Crippen LogP contribution >= 0.6 is 12.4 Å². The van der Waals surface area contributed by atoms with E-state index in [1.807, 2.05) is 27.7 Å². The molecule has 2 nitrogen and oxygen atoms in total. The van der Waals surface area contributed by atoms with E-state index in [2.05, 4.69) is 0 Å². The number of carbonyl (C=O) groups is 1. The minimum absolute atomic E-state index is 0. The third-order valence-corrected chi connectivity index (χ3v) is 0.888. The molecule has 0 aromatic heterocycles. The summed E-state index contributed by atoms with van der Waals surface area (Å²) in [6, 6.07) is 0. The molecular formula is C7H15ClO2. The highest BCUT2D eigenvalue weighted by Gasteiger charge is 2.21. The van der Waals surface area contributed by atoms with E-state index in [9.17, 15) is 4.79 Å². The van der Waals surface area contributed by atoms with Crippen LogP contribution in [0, 0.1) is 5.41 Å². The third-order valence-electron chi connectivity index (χ3n) is 0.888. The Hall–Kier alpha value is -0.240. The predicted molar refractivity (Wildman–Crippen MR) is 43.3 cm³/mol. The maximum atomic E-state index is 10.8. The Morgan fingerprint density at radius 1 is 1.40 bits per heavy atom. The fourth-order valence-corrected chi connectivity index (χ4v) is 0.348. The van der Waals surface area contributed by atoms with Crippen molar-refractivity contribution in [3.05, 3.63) is 0 Å². The van der Waals surface area contributed by atoms with E-state index in [1.165, 1.54) is 0 Å². The Bertz CT molecular complexity index is 105. The molecule has 0 spiro atoms. The van der Waals surface area contributed by atoms with Gasteiger partial charge in [-0.05, 0) is 27.7 Å². The van der Waals surface area contributed by atoms with Crippen LogP contribution in [0.15, 0.2) is 0 Å². The lowest BCUT2D eigenvalue weighted by molar-refractivity contribution is -0.152. The van der Waals surface area contributed by atoms with Gasteiger partial charge in [0.05, 0.1) is 12.0 Å². The molecule has 0 aromatic carbocycles. The van der Waals surface area contributed by atoms with Crippen molar-refractivity contribution in [2.24, 2.45) is 5.41 Å². The van der Waals surface area contributed by atoms with Crippen molar-refractivity contribution in [3.8, 4) is 0 Å². The second kappa shape index (κ2) is 4.56. The fourth-order valence-electron chi connectivity index (χ4n) is 0.348. The van der Waals surface area contributed by atoms with E-state index >= 15 is 0 Å². The molecule has 0 amide bonds. The lowest BCUT2D eigenvalue weighted by Crippen LogP contribution is -2.22. The van der Waals surface area contributed by atoms with E-state index in [0.717, 1.165) is 0 Å². The average Bonchev–Trinajstić information content (AvgIpc) is 1.64. The van der Waals surface area contributed by atoms with Crippen LogP contribution in [0.1, 0.15) is 27.7 Å². The van der Waals surface area contributed by atoms with Gasteiger partial charge in [0, 0.05) is 0 Å². The summed E-state index contributed by atoms with van der Waals surface area (Å²) in [4.78, 5) is 10.8. The van der Waals surface area contributed by atoms with Gasteiger partial charge in [-0.2, -0.15) is 0 Å². The highest BCUT2D eigenvalue weighted by Crippen LogP contribution is 2.14. The molecule has 3 heteroatoms. The van der Waals surface area contributed by atoms with E-state index in [1.54, 1.807) is 0 Å². The molecule has 10 heavy (non-hydrogen) atoms. The number of rotatable bonds is 1. The predicted octanol–water partition coefficient (Wildman–Crippen LogP) is 2.02. The van der Waals surface area contributed by atoms with E-state index in [0.29, 0.717) is 6.61 Å². The molecular weight excluding hydrogens is 152 g/mol. The standard InChI is InChI=1S/C7H14O2.ClH/c1-5-9-6(8)7(2,3)4;/h5H2,1-4H3;1H. The van der Waals surface area contributed by atoms with Gasteiger partial charge in [0.25, 0.3) is 0 Å². The highest BCUT2D eigenvalue weighted by molar-refractivity contribution is 5.85. The number of hydrogen-bond donors (Lipinski definition) is 0. The minimum Gasteiger partial charge on any atom is -0.466 e. The van der Waals surface area contributed by atoms with Crippen molar-refractivity contribution in [2.75, 3.05) is 6.61 Å². The zero-order chi connectivity index (χ0) is 7.49. The summed E-state index contributed by atoms with van der Waals surface area (Å²) in [5, 5.41) is 0. The molecule has 0 rings (SSSR count). The normalized spacial score (nSPS) is 10.0. The summed E-state index contributed by atoms with van der Waals surface area (Å²) >= 11 is 0. The Balaban J connectivity index is 0.